The van der Waals surface area contributed by atoms with E-state index in [1.807, 2.05) is 30.3 Å². The Kier molecular flexibility index (Phi) is 4.37. The Bertz CT molecular complexity index is 1100. The standard InChI is InChI=1S/C22H17NO5/c24-15-6-14(7-16(25)8-15)18-10-20(19-9-17(26)12-28-21(18)19)22(27)23-11-13-4-2-1-3-5-13/h1-10,12,24-26H,11H2,(H,23,27). The molecule has 0 saturated carbocycles. The summed E-state index contributed by atoms with van der Waals surface area (Å²) < 4.78 is 5.51. The lowest BCUT2D eigenvalue weighted by molar-refractivity contribution is 0.0951. The maximum absolute atomic E-state index is 12.8. The van der Waals surface area contributed by atoms with Crippen LogP contribution in [0.4, 0.5) is 0 Å². The van der Waals surface area contributed by atoms with Crippen LogP contribution in [0, 0.1) is 0 Å². The second-order valence-electron chi connectivity index (χ2n) is 6.43. The molecule has 6 nitrogen and oxygen atoms in total. The molecule has 0 saturated heterocycles. The summed E-state index contributed by atoms with van der Waals surface area (Å²) in [5, 5.41) is 32.2. The molecule has 2 aromatic carbocycles. The molecule has 2 aromatic rings. The highest BCUT2D eigenvalue weighted by Crippen LogP contribution is 2.42. The predicted molar refractivity (Wildman–Crippen MR) is 103 cm³/mol. The molecule has 28 heavy (non-hydrogen) atoms. The van der Waals surface area contributed by atoms with Gasteiger partial charge in [-0.3, -0.25) is 4.79 Å². The number of hydrogen-bond donors (Lipinski definition) is 4. The molecular weight excluding hydrogens is 358 g/mol. The third-order valence-corrected chi connectivity index (χ3v) is 4.41. The fourth-order valence-electron chi connectivity index (χ4n) is 3.15. The fourth-order valence-corrected chi connectivity index (χ4v) is 3.15. The summed E-state index contributed by atoms with van der Waals surface area (Å²) in [5.41, 5.74) is 2.72. The average molecular weight is 375 g/mol. The van der Waals surface area contributed by atoms with Gasteiger partial charge in [0.2, 0.25) is 0 Å². The zero-order chi connectivity index (χ0) is 19.7. The SMILES string of the molecule is O=C(NCc1ccccc1)c1cc(-c2cc(O)cc(O)c2)c2occ(O)cc1-2. The second-order valence-corrected chi connectivity index (χ2v) is 6.43. The minimum atomic E-state index is -0.328. The number of benzene rings is 2. The molecule has 0 spiro atoms. The van der Waals surface area contributed by atoms with Crippen LogP contribution in [0.1, 0.15) is 15.9 Å². The van der Waals surface area contributed by atoms with Crippen LogP contribution < -0.4 is 5.32 Å². The van der Waals surface area contributed by atoms with Gasteiger partial charge in [0.05, 0.1) is 5.56 Å². The number of amides is 1. The van der Waals surface area contributed by atoms with E-state index in [2.05, 4.69) is 5.32 Å². The molecule has 1 aliphatic carbocycles. The maximum atomic E-state index is 12.8. The van der Waals surface area contributed by atoms with Gasteiger partial charge in [-0.2, -0.15) is 0 Å². The Balaban J connectivity index is 1.74. The van der Waals surface area contributed by atoms with E-state index in [0.29, 0.717) is 34.6 Å². The van der Waals surface area contributed by atoms with Gasteiger partial charge in [-0.1, -0.05) is 30.3 Å². The van der Waals surface area contributed by atoms with Crippen LogP contribution in [0.3, 0.4) is 0 Å². The monoisotopic (exact) mass is 375 g/mol. The van der Waals surface area contributed by atoms with Crippen molar-refractivity contribution in [1.82, 2.24) is 5.32 Å². The van der Waals surface area contributed by atoms with Crippen molar-refractivity contribution in [3.63, 3.8) is 0 Å². The maximum Gasteiger partial charge on any atom is 0.252 e. The third kappa shape index (κ3) is 3.35. The van der Waals surface area contributed by atoms with E-state index >= 15 is 0 Å². The predicted octanol–water partition coefficient (Wildman–Crippen LogP) is 4.10. The molecule has 0 aromatic heterocycles. The van der Waals surface area contributed by atoms with Crippen LogP contribution in [0.5, 0.6) is 17.2 Å². The topological polar surface area (TPSA) is 103 Å². The zero-order valence-corrected chi connectivity index (χ0v) is 14.7. The fraction of sp³-hybridized carbons (Fsp3) is 0.0455. The van der Waals surface area contributed by atoms with Crippen LogP contribution in [0.25, 0.3) is 22.5 Å². The van der Waals surface area contributed by atoms with Crippen LogP contribution in [0.2, 0.25) is 0 Å². The normalized spacial score (nSPS) is 10.9. The minimum absolute atomic E-state index is 0.111. The lowest BCUT2D eigenvalue weighted by Gasteiger charge is -2.07. The van der Waals surface area contributed by atoms with Gasteiger partial charge >= 0.3 is 0 Å². The van der Waals surface area contributed by atoms with Gasteiger partial charge in [0.1, 0.15) is 23.5 Å². The average Bonchev–Trinajstić information content (AvgIpc) is 3.05. The van der Waals surface area contributed by atoms with Crippen molar-refractivity contribution in [3.8, 4) is 39.7 Å². The summed E-state index contributed by atoms with van der Waals surface area (Å²) in [4.78, 5) is 12.8. The number of fused-ring (bicyclic) bond motifs is 1. The van der Waals surface area contributed by atoms with E-state index in [-0.39, 0.29) is 23.2 Å². The Morgan fingerprint density at radius 1 is 0.857 bits per heavy atom. The quantitative estimate of drug-likeness (QED) is 0.430. The van der Waals surface area contributed by atoms with Gasteiger partial charge in [0, 0.05) is 23.7 Å². The number of phenols is 2. The van der Waals surface area contributed by atoms with E-state index in [9.17, 15) is 20.1 Å². The molecule has 0 unspecified atom stereocenters. The van der Waals surface area contributed by atoms with Crippen LogP contribution >= 0.6 is 0 Å². The first-order chi connectivity index (χ1) is 13.5. The van der Waals surface area contributed by atoms with Gasteiger partial charge in [-0.15, -0.1) is 0 Å². The molecule has 140 valence electrons. The highest BCUT2D eigenvalue weighted by Gasteiger charge is 2.25. The Labute approximate surface area is 160 Å². The van der Waals surface area contributed by atoms with Crippen molar-refractivity contribution in [1.29, 1.82) is 0 Å². The molecule has 0 bridgehead atoms. The summed E-state index contributed by atoms with van der Waals surface area (Å²) in [6.45, 7) is 0.352. The van der Waals surface area contributed by atoms with Gasteiger partial charge < -0.3 is 25.1 Å². The van der Waals surface area contributed by atoms with Gasteiger partial charge in [0.25, 0.3) is 5.91 Å². The number of carbonyl (C=O) groups excluding carboxylic acids is 1. The van der Waals surface area contributed by atoms with E-state index in [0.717, 1.165) is 5.56 Å². The molecule has 0 atom stereocenters. The van der Waals surface area contributed by atoms with Crippen molar-refractivity contribution in [2.45, 2.75) is 6.54 Å². The van der Waals surface area contributed by atoms with E-state index in [1.165, 1.54) is 30.5 Å². The molecule has 0 fully saturated rings. The summed E-state index contributed by atoms with van der Waals surface area (Å²) in [7, 11) is 0. The number of phenolic OH excluding ortho intramolecular Hbond substituents is 2. The van der Waals surface area contributed by atoms with Crippen LogP contribution in [0.15, 0.2) is 71.3 Å². The van der Waals surface area contributed by atoms with Crippen molar-refractivity contribution in [3.05, 3.63) is 78.1 Å². The highest BCUT2D eigenvalue weighted by molar-refractivity contribution is 6.05. The number of nitrogens with one attached hydrogen (secondary N) is 1. The van der Waals surface area contributed by atoms with Crippen molar-refractivity contribution in [2.75, 3.05) is 0 Å². The molecule has 1 amide bonds. The minimum Gasteiger partial charge on any atom is -0.508 e. The third-order valence-electron chi connectivity index (χ3n) is 4.41. The summed E-state index contributed by atoms with van der Waals surface area (Å²) >= 11 is 0. The molecule has 6 heteroatoms. The molecule has 2 aliphatic rings. The van der Waals surface area contributed by atoms with Gasteiger partial charge in [-0.05, 0) is 35.4 Å². The first-order valence-corrected chi connectivity index (χ1v) is 8.61. The Morgan fingerprint density at radius 2 is 1.57 bits per heavy atom. The van der Waals surface area contributed by atoms with E-state index in [1.54, 1.807) is 6.07 Å². The number of hydrogen-bond acceptors (Lipinski definition) is 5. The molecular formula is C22H17NO5. The first-order valence-electron chi connectivity index (χ1n) is 8.61. The second kappa shape index (κ2) is 7.00. The summed E-state index contributed by atoms with van der Waals surface area (Å²) in [6, 6.07) is 16.7. The molecule has 4 rings (SSSR count). The number of carbonyl (C=O) groups is 1. The lowest BCUT2D eigenvalue weighted by Crippen LogP contribution is -2.22. The van der Waals surface area contributed by atoms with Crippen molar-refractivity contribution < 1.29 is 24.5 Å². The molecule has 1 heterocycles. The number of aromatic hydroxyl groups is 3. The van der Waals surface area contributed by atoms with E-state index in [4.69, 9.17) is 4.42 Å². The largest absolute Gasteiger partial charge is 0.508 e. The molecule has 1 aliphatic heterocycles. The van der Waals surface area contributed by atoms with Gasteiger partial charge in [0.15, 0.2) is 5.75 Å². The van der Waals surface area contributed by atoms with Crippen molar-refractivity contribution >= 4 is 5.91 Å². The summed E-state index contributed by atoms with van der Waals surface area (Å²) in [6.07, 6.45) is 1.17. The molecule has 0 radical (unpaired) electrons. The Morgan fingerprint density at radius 3 is 2.29 bits per heavy atom. The summed E-state index contributed by atoms with van der Waals surface area (Å²) in [5.74, 6) is -0.296. The smallest absolute Gasteiger partial charge is 0.252 e. The lowest BCUT2D eigenvalue weighted by atomic mass is 10.1. The number of rotatable bonds is 4. The van der Waals surface area contributed by atoms with Crippen LogP contribution in [-0.2, 0) is 6.54 Å². The molecule has 4 N–H and O–H groups in total. The Hall–Kier alpha value is -3.93. The van der Waals surface area contributed by atoms with Crippen molar-refractivity contribution in [2.24, 2.45) is 0 Å². The first kappa shape index (κ1) is 17.5. The zero-order valence-electron chi connectivity index (χ0n) is 14.7. The van der Waals surface area contributed by atoms with Crippen LogP contribution in [-0.4, -0.2) is 21.2 Å². The van der Waals surface area contributed by atoms with Gasteiger partial charge in [-0.25, -0.2) is 0 Å². The van der Waals surface area contributed by atoms with E-state index < -0.39 is 0 Å². The highest BCUT2D eigenvalue weighted by atomic mass is 16.3.